The van der Waals surface area contributed by atoms with E-state index in [0.717, 1.165) is 6.42 Å². The van der Waals surface area contributed by atoms with Crippen LogP contribution in [0.4, 0.5) is 0 Å². The van der Waals surface area contributed by atoms with Crippen LogP contribution in [0.5, 0.6) is 0 Å². The maximum Gasteiger partial charge on any atom is 0.243 e. The fraction of sp³-hybridized carbons (Fsp3) is 0.533. The van der Waals surface area contributed by atoms with Crippen LogP contribution < -0.4 is 5.73 Å². The van der Waals surface area contributed by atoms with Gasteiger partial charge in [-0.3, -0.25) is 4.79 Å². The van der Waals surface area contributed by atoms with Crippen molar-refractivity contribution < 1.29 is 13.2 Å². The minimum Gasteiger partial charge on any atom is -0.340 e. The van der Waals surface area contributed by atoms with Gasteiger partial charge in [-0.05, 0) is 31.4 Å². The summed E-state index contributed by atoms with van der Waals surface area (Å²) in [5.41, 5.74) is 5.85. The van der Waals surface area contributed by atoms with Crippen LogP contribution in [0.15, 0.2) is 35.2 Å². The molecule has 1 aromatic carbocycles. The number of rotatable bonds is 3. The van der Waals surface area contributed by atoms with Gasteiger partial charge in [-0.1, -0.05) is 18.2 Å². The Morgan fingerprint density at radius 2 is 1.86 bits per heavy atom. The number of hydrogen-bond donors (Lipinski definition) is 1. The molecule has 1 amide bonds. The Morgan fingerprint density at radius 1 is 1.14 bits per heavy atom. The molecule has 0 radical (unpaired) electrons. The molecule has 2 saturated heterocycles. The highest BCUT2D eigenvalue weighted by Crippen LogP contribution is 2.28. The van der Waals surface area contributed by atoms with Crippen molar-refractivity contribution in [3.8, 4) is 0 Å². The van der Waals surface area contributed by atoms with Crippen LogP contribution in [0.25, 0.3) is 0 Å². The molecule has 0 saturated carbocycles. The van der Waals surface area contributed by atoms with Crippen LogP contribution in [0.2, 0.25) is 0 Å². The van der Waals surface area contributed by atoms with Gasteiger partial charge in [-0.2, -0.15) is 4.31 Å². The topological polar surface area (TPSA) is 83.7 Å². The molecule has 0 spiro atoms. The minimum atomic E-state index is -3.62. The van der Waals surface area contributed by atoms with Crippen LogP contribution in [0, 0.1) is 0 Å². The molecule has 1 unspecified atom stereocenters. The van der Waals surface area contributed by atoms with Gasteiger partial charge in [0.25, 0.3) is 0 Å². The number of sulfonamides is 1. The second-order valence-electron chi connectivity index (χ2n) is 5.92. The molecule has 1 aromatic rings. The highest BCUT2D eigenvalue weighted by molar-refractivity contribution is 7.89. The van der Waals surface area contributed by atoms with Crippen molar-refractivity contribution in [3.63, 3.8) is 0 Å². The summed E-state index contributed by atoms with van der Waals surface area (Å²) in [6.07, 6.45) is 2.07. The summed E-state index contributed by atoms with van der Waals surface area (Å²) in [4.78, 5) is 14.6. The molecule has 0 bridgehead atoms. The largest absolute Gasteiger partial charge is 0.340 e. The highest BCUT2D eigenvalue weighted by Gasteiger charge is 2.42. The predicted octanol–water partition coefficient (Wildman–Crippen LogP) is 0.399. The highest BCUT2D eigenvalue weighted by atomic mass is 32.2. The summed E-state index contributed by atoms with van der Waals surface area (Å²) in [6, 6.07) is 7.72. The quantitative estimate of drug-likeness (QED) is 0.873. The lowest BCUT2D eigenvalue weighted by molar-refractivity contribution is -0.133. The SMILES string of the molecule is N[C@@H]1CCN(C(=O)C2CCCN2S(=O)(=O)c2ccccc2)C1. The summed E-state index contributed by atoms with van der Waals surface area (Å²) >= 11 is 0. The van der Waals surface area contributed by atoms with E-state index in [4.69, 9.17) is 5.73 Å². The molecule has 0 aliphatic carbocycles. The monoisotopic (exact) mass is 323 g/mol. The van der Waals surface area contributed by atoms with Crippen molar-refractivity contribution in [2.75, 3.05) is 19.6 Å². The van der Waals surface area contributed by atoms with Crippen LogP contribution in [0.1, 0.15) is 19.3 Å². The van der Waals surface area contributed by atoms with Gasteiger partial charge in [-0.25, -0.2) is 8.42 Å². The number of carbonyl (C=O) groups excluding carboxylic acids is 1. The molecule has 2 aliphatic heterocycles. The van der Waals surface area contributed by atoms with Gasteiger partial charge in [-0.15, -0.1) is 0 Å². The summed E-state index contributed by atoms with van der Waals surface area (Å²) in [6.45, 7) is 1.54. The molecule has 3 rings (SSSR count). The summed E-state index contributed by atoms with van der Waals surface area (Å²) in [5.74, 6) is -0.107. The second kappa shape index (κ2) is 5.98. The number of nitrogens with two attached hydrogens (primary N) is 1. The molecule has 6 nitrogen and oxygen atoms in total. The lowest BCUT2D eigenvalue weighted by atomic mass is 10.2. The van der Waals surface area contributed by atoms with Gasteiger partial charge in [0.05, 0.1) is 4.90 Å². The molecule has 0 aromatic heterocycles. The van der Waals surface area contributed by atoms with E-state index in [1.165, 1.54) is 4.31 Å². The Balaban J connectivity index is 1.83. The lowest BCUT2D eigenvalue weighted by Gasteiger charge is -2.27. The van der Waals surface area contributed by atoms with E-state index in [1.54, 1.807) is 35.2 Å². The Hall–Kier alpha value is -1.44. The third kappa shape index (κ3) is 2.76. The first-order chi connectivity index (χ1) is 10.5. The maximum absolute atomic E-state index is 12.8. The average molecular weight is 323 g/mol. The summed E-state index contributed by atoms with van der Waals surface area (Å²) in [5, 5.41) is 0. The Labute approximate surface area is 130 Å². The van der Waals surface area contributed by atoms with E-state index in [2.05, 4.69) is 0 Å². The second-order valence-corrected chi connectivity index (χ2v) is 7.81. The lowest BCUT2D eigenvalue weighted by Crippen LogP contribution is -2.47. The Bertz CT molecular complexity index is 647. The smallest absolute Gasteiger partial charge is 0.243 e. The van der Waals surface area contributed by atoms with Crippen LogP contribution in [-0.4, -0.2) is 55.2 Å². The number of carbonyl (C=O) groups is 1. The van der Waals surface area contributed by atoms with Crippen molar-refractivity contribution >= 4 is 15.9 Å². The summed E-state index contributed by atoms with van der Waals surface area (Å²) < 4.78 is 26.9. The molecule has 22 heavy (non-hydrogen) atoms. The number of amides is 1. The van der Waals surface area contributed by atoms with E-state index < -0.39 is 16.1 Å². The molecule has 7 heteroatoms. The first-order valence-electron chi connectivity index (χ1n) is 7.61. The number of hydrogen-bond acceptors (Lipinski definition) is 4. The van der Waals surface area contributed by atoms with Gasteiger partial charge in [0.15, 0.2) is 0 Å². The van der Waals surface area contributed by atoms with Gasteiger partial charge >= 0.3 is 0 Å². The van der Waals surface area contributed by atoms with E-state index >= 15 is 0 Å². The molecular weight excluding hydrogens is 302 g/mol. The summed E-state index contributed by atoms with van der Waals surface area (Å²) in [7, 11) is -3.62. The molecule has 2 aliphatic rings. The van der Waals surface area contributed by atoms with Crippen LogP contribution in [-0.2, 0) is 14.8 Å². The fourth-order valence-corrected chi connectivity index (χ4v) is 4.87. The Kier molecular flexibility index (Phi) is 4.20. The van der Waals surface area contributed by atoms with Crippen molar-refractivity contribution in [1.82, 2.24) is 9.21 Å². The number of nitrogens with zero attached hydrogens (tertiary/aromatic N) is 2. The van der Waals surface area contributed by atoms with Gasteiger partial charge in [0, 0.05) is 25.7 Å². The standard InChI is InChI=1S/C15H21N3O3S/c16-12-8-10-17(11-12)15(19)14-7-4-9-18(14)22(20,21)13-5-2-1-3-6-13/h1-3,5-6,12,14H,4,7-11,16H2/t12-,14?/m1/s1. The predicted molar refractivity (Wildman–Crippen MR) is 82.5 cm³/mol. The molecule has 120 valence electrons. The zero-order valence-corrected chi connectivity index (χ0v) is 13.2. The van der Waals surface area contributed by atoms with E-state index in [0.29, 0.717) is 32.5 Å². The zero-order chi connectivity index (χ0) is 15.7. The van der Waals surface area contributed by atoms with Crippen molar-refractivity contribution in [2.45, 2.75) is 36.2 Å². The van der Waals surface area contributed by atoms with Crippen LogP contribution in [0.3, 0.4) is 0 Å². The molecule has 2 fully saturated rings. The van der Waals surface area contributed by atoms with E-state index in [-0.39, 0.29) is 16.8 Å². The molecule has 2 atom stereocenters. The van der Waals surface area contributed by atoms with Crippen molar-refractivity contribution in [3.05, 3.63) is 30.3 Å². The first-order valence-corrected chi connectivity index (χ1v) is 9.05. The number of benzene rings is 1. The van der Waals surface area contributed by atoms with Gasteiger partial charge in [0.1, 0.15) is 6.04 Å². The van der Waals surface area contributed by atoms with Crippen molar-refractivity contribution in [1.29, 1.82) is 0 Å². The normalized spacial score (nSPS) is 26.5. The molecular formula is C15H21N3O3S. The Morgan fingerprint density at radius 3 is 2.50 bits per heavy atom. The molecule has 2 heterocycles. The van der Waals surface area contributed by atoms with Gasteiger partial charge < -0.3 is 10.6 Å². The first kappa shape index (κ1) is 15.5. The van der Waals surface area contributed by atoms with E-state index in [1.807, 2.05) is 0 Å². The third-order valence-corrected chi connectivity index (χ3v) is 6.30. The van der Waals surface area contributed by atoms with Crippen molar-refractivity contribution in [2.24, 2.45) is 5.73 Å². The zero-order valence-electron chi connectivity index (χ0n) is 12.4. The maximum atomic E-state index is 12.8. The fourth-order valence-electron chi connectivity index (χ4n) is 3.20. The van der Waals surface area contributed by atoms with Crippen LogP contribution >= 0.6 is 0 Å². The number of likely N-dealkylation sites (tertiary alicyclic amines) is 1. The molecule has 2 N–H and O–H groups in total. The minimum absolute atomic E-state index is 0.00420. The average Bonchev–Trinajstić information content (AvgIpc) is 3.16. The van der Waals surface area contributed by atoms with E-state index in [9.17, 15) is 13.2 Å². The van der Waals surface area contributed by atoms with Gasteiger partial charge in [0.2, 0.25) is 15.9 Å². The third-order valence-electron chi connectivity index (χ3n) is 4.37.